The summed E-state index contributed by atoms with van der Waals surface area (Å²) >= 11 is 7.15. The lowest BCUT2D eigenvalue weighted by molar-refractivity contribution is -0.127. The summed E-state index contributed by atoms with van der Waals surface area (Å²) in [5, 5.41) is 0.924. The summed E-state index contributed by atoms with van der Waals surface area (Å²) in [5.41, 5.74) is 0.903. The number of thioether (sulfide) groups is 1. The van der Waals surface area contributed by atoms with Crippen LogP contribution < -0.4 is 0 Å². The molecule has 1 aromatic heterocycles. The van der Waals surface area contributed by atoms with E-state index in [1.807, 2.05) is 19.1 Å². The average Bonchev–Trinajstić information content (AvgIpc) is 2.87. The van der Waals surface area contributed by atoms with E-state index in [9.17, 15) is 4.79 Å². The predicted octanol–water partition coefficient (Wildman–Crippen LogP) is 3.56. The summed E-state index contributed by atoms with van der Waals surface area (Å²) in [6.45, 7) is 1.83. The number of oxazole rings is 1. The molecule has 0 bridgehead atoms. The topological polar surface area (TPSA) is 46.3 Å². The highest BCUT2D eigenvalue weighted by Gasteiger charge is 2.19. The first-order valence-corrected chi connectivity index (χ1v) is 7.32. The largest absolute Gasteiger partial charge is 0.431 e. The molecular formula is C14H15ClN2O2S. The van der Waals surface area contributed by atoms with E-state index in [2.05, 4.69) is 4.98 Å². The molecule has 0 saturated heterocycles. The third kappa shape index (κ3) is 3.55. The van der Waals surface area contributed by atoms with Gasteiger partial charge in [-0.3, -0.25) is 4.79 Å². The van der Waals surface area contributed by atoms with Crippen molar-refractivity contribution in [2.75, 3.05) is 14.1 Å². The van der Waals surface area contributed by atoms with Crippen LogP contribution in [0.25, 0.3) is 11.3 Å². The Bertz CT molecular complexity index is 595. The SMILES string of the molecule is C[C@@H](Sc1ncc(-c2ccc(Cl)cc2)o1)C(=O)N(C)C. The molecule has 0 unspecified atom stereocenters. The van der Waals surface area contributed by atoms with Gasteiger partial charge in [0.15, 0.2) is 5.76 Å². The Kier molecular flexibility index (Phi) is 4.73. The van der Waals surface area contributed by atoms with Gasteiger partial charge in [0.05, 0.1) is 11.4 Å². The number of rotatable bonds is 4. The first-order valence-electron chi connectivity index (χ1n) is 6.07. The molecule has 20 heavy (non-hydrogen) atoms. The Balaban J connectivity index is 2.09. The van der Waals surface area contributed by atoms with Crippen LogP contribution in [-0.2, 0) is 4.79 Å². The normalized spacial score (nSPS) is 12.2. The van der Waals surface area contributed by atoms with Gasteiger partial charge in [0.25, 0.3) is 5.22 Å². The molecule has 0 radical (unpaired) electrons. The third-order valence-corrected chi connectivity index (χ3v) is 3.88. The number of hydrogen-bond donors (Lipinski definition) is 0. The number of carbonyl (C=O) groups is 1. The van der Waals surface area contributed by atoms with Crippen LogP contribution in [0.5, 0.6) is 0 Å². The lowest BCUT2D eigenvalue weighted by Crippen LogP contribution is -2.29. The van der Waals surface area contributed by atoms with Gasteiger partial charge in [-0.2, -0.15) is 0 Å². The predicted molar refractivity (Wildman–Crippen MR) is 81.0 cm³/mol. The van der Waals surface area contributed by atoms with Crippen LogP contribution in [0, 0.1) is 0 Å². The van der Waals surface area contributed by atoms with Crippen LogP contribution in [0.15, 0.2) is 40.1 Å². The van der Waals surface area contributed by atoms with Gasteiger partial charge >= 0.3 is 0 Å². The van der Waals surface area contributed by atoms with Gasteiger partial charge in [-0.15, -0.1) is 0 Å². The molecule has 106 valence electrons. The highest BCUT2D eigenvalue weighted by molar-refractivity contribution is 8.00. The van der Waals surface area contributed by atoms with Gasteiger partial charge in [-0.1, -0.05) is 23.4 Å². The Morgan fingerprint density at radius 2 is 2.00 bits per heavy atom. The maximum Gasteiger partial charge on any atom is 0.256 e. The third-order valence-electron chi connectivity index (χ3n) is 2.68. The van der Waals surface area contributed by atoms with Gasteiger partial charge in [-0.05, 0) is 31.2 Å². The smallest absolute Gasteiger partial charge is 0.256 e. The summed E-state index contributed by atoms with van der Waals surface area (Å²) < 4.78 is 5.65. The minimum absolute atomic E-state index is 0.0289. The van der Waals surface area contributed by atoms with E-state index >= 15 is 0 Å². The molecule has 2 rings (SSSR count). The minimum Gasteiger partial charge on any atom is -0.431 e. The van der Waals surface area contributed by atoms with E-state index in [1.54, 1.807) is 37.3 Å². The summed E-state index contributed by atoms with van der Waals surface area (Å²) in [5.74, 6) is 0.690. The van der Waals surface area contributed by atoms with Crippen molar-refractivity contribution in [2.24, 2.45) is 0 Å². The molecule has 0 aliphatic carbocycles. The monoisotopic (exact) mass is 310 g/mol. The van der Waals surface area contributed by atoms with Crippen LogP contribution >= 0.6 is 23.4 Å². The Hall–Kier alpha value is -1.46. The zero-order chi connectivity index (χ0) is 14.7. The number of halogens is 1. The van der Waals surface area contributed by atoms with Crippen molar-refractivity contribution in [3.05, 3.63) is 35.5 Å². The van der Waals surface area contributed by atoms with Crippen molar-refractivity contribution in [3.8, 4) is 11.3 Å². The molecule has 6 heteroatoms. The second-order valence-electron chi connectivity index (χ2n) is 4.49. The zero-order valence-corrected chi connectivity index (χ0v) is 13.0. The molecule has 2 aromatic rings. The molecule has 0 fully saturated rings. The first-order chi connectivity index (χ1) is 9.47. The van der Waals surface area contributed by atoms with Gasteiger partial charge in [0, 0.05) is 24.7 Å². The number of nitrogens with zero attached hydrogens (tertiary/aromatic N) is 2. The summed E-state index contributed by atoms with van der Waals surface area (Å²) in [6.07, 6.45) is 1.65. The molecule has 1 heterocycles. The Labute approximate surface area is 127 Å². The highest BCUT2D eigenvalue weighted by Crippen LogP contribution is 2.28. The summed E-state index contributed by atoms with van der Waals surface area (Å²) in [6, 6.07) is 7.33. The number of hydrogen-bond acceptors (Lipinski definition) is 4. The molecular weight excluding hydrogens is 296 g/mol. The number of benzene rings is 1. The van der Waals surface area contributed by atoms with E-state index in [1.165, 1.54) is 11.8 Å². The summed E-state index contributed by atoms with van der Waals surface area (Å²) in [4.78, 5) is 17.5. The van der Waals surface area contributed by atoms with Crippen molar-refractivity contribution in [1.82, 2.24) is 9.88 Å². The van der Waals surface area contributed by atoms with Crippen LogP contribution in [0.1, 0.15) is 6.92 Å². The molecule has 0 aliphatic heterocycles. The van der Waals surface area contributed by atoms with Crippen LogP contribution in [0.4, 0.5) is 0 Å². The molecule has 0 aliphatic rings. The van der Waals surface area contributed by atoms with Crippen LogP contribution in [0.2, 0.25) is 5.02 Å². The Morgan fingerprint density at radius 1 is 1.35 bits per heavy atom. The van der Waals surface area contributed by atoms with Crippen molar-refractivity contribution < 1.29 is 9.21 Å². The van der Waals surface area contributed by atoms with Crippen molar-refractivity contribution in [3.63, 3.8) is 0 Å². The molecule has 0 spiro atoms. The molecule has 0 N–H and O–H groups in total. The van der Waals surface area contributed by atoms with Crippen molar-refractivity contribution in [2.45, 2.75) is 17.4 Å². The standard InChI is InChI=1S/C14H15ClN2O2S/c1-9(13(18)17(2)3)20-14-16-8-12(19-14)10-4-6-11(15)7-5-10/h4-9H,1-3H3/t9-/m1/s1. The Morgan fingerprint density at radius 3 is 2.60 bits per heavy atom. The number of aromatic nitrogens is 1. The van der Waals surface area contributed by atoms with Crippen LogP contribution in [-0.4, -0.2) is 35.1 Å². The second kappa shape index (κ2) is 6.33. The second-order valence-corrected chi connectivity index (χ2v) is 6.22. The lowest BCUT2D eigenvalue weighted by Gasteiger charge is -2.14. The molecule has 0 saturated carbocycles. The first kappa shape index (κ1) is 14.9. The fraction of sp³-hybridized carbons (Fsp3) is 0.286. The van der Waals surface area contributed by atoms with Gasteiger partial charge in [0.2, 0.25) is 5.91 Å². The van der Waals surface area contributed by atoms with E-state index in [0.717, 1.165) is 5.56 Å². The maximum absolute atomic E-state index is 11.8. The number of amides is 1. The van der Waals surface area contributed by atoms with Gasteiger partial charge < -0.3 is 9.32 Å². The fourth-order valence-electron chi connectivity index (χ4n) is 1.63. The number of carbonyl (C=O) groups excluding carboxylic acids is 1. The van der Waals surface area contributed by atoms with Crippen molar-refractivity contribution in [1.29, 1.82) is 0 Å². The van der Waals surface area contributed by atoms with E-state index < -0.39 is 0 Å². The van der Waals surface area contributed by atoms with Crippen molar-refractivity contribution >= 4 is 29.3 Å². The molecule has 1 amide bonds. The summed E-state index contributed by atoms with van der Waals surface area (Å²) in [7, 11) is 3.46. The molecule has 1 atom stereocenters. The van der Waals surface area contributed by atoms with Gasteiger partial charge in [0.1, 0.15) is 0 Å². The fourth-order valence-corrected chi connectivity index (χ4v) is 2.62. The van der Waals surface area contributed by atoms with Crippen LogP contribution in [0.3, 0.4) is 0 Å². The van der Waals surface area contributed by atoms with Gasteiger partial charge in [-0.25, -0.2) is 4.98 Å². The quantitative estimate of drug-likeness (QED) is 0.810. The van der Waals surface area contributed by atoms with E-state index in [0.29, 0.717) is 16.0 Å². The highest BCUT2D eigenvalue weighted by atomic mass is 35.5. The minimum atomic E-state index is -0.235. The van der Waals surface area contributed by atoms with E-state index in [4.69, 9.17) is 16.0 Å². The van der Waals surface area contributed by atoms with E-state index in [-0.39, 0.29) is 11.2 Å². The zero-order valence-electron chi connectivity index (χ0n) is 11.5. The maximum atomic E-state index is 11.8. The lowest BCUT2D eigenvalue weighted by atomic mass is 10.2. The average molecular weight is 311 g/mol. The molecule has 4 nitrogen and oxygen atoms in total. The molecule has 1 aromatic carbocycles.